The molecule has 0 N–H and O–H groups in total. The van der Waals surface area contributed by atoms with Crippen LogP contribution in [0.1, 0.15) is 129 Å². The SMILES string of the molecule is CC1(BBC2(C)CCCCCCCCC2)CCCCCCCCC1. The summed E-state index contributed by atoms with van der Waals surface area (Å²) in [5.41, 5.74) is 0. The first kappa shape index (κ1) is 20.4. The Morgan fingerprint density at radius 3 is 0.833 bits per heavy atom. The Labute approximate surface area is 154 Å². The Kier molecular flexibility index (Phi) is 9.35. The molecule has 138 valence electrons. The normalized spacial score (nSPS) is 26.9. The molecule has 0 atom stereocenters. The molecule has 24 heavy (non-hydrogen) atoms. The van der Waals surface area contributed by atoms with Gasteiger partial charge in [0.15, 0.2) is 0 Å². The van der Waals surface area contributed by atoms with Crippen molar-refractivity contribution in [2.45, 2.75) is 140 Å². The molecule has 0 unspecified atom stereocenters. The first-order valence-electron chi connectivity index (χ1n) is 11.6. The highest BCUT2D eigenvalue weighted by molar-refractivity contribution is 7.03. The fourth-order valence-corrected chi connectivity index (χ4v) is 5.33. The van der Waals surface area contributed by atoms with Crippen LogP contribution in [0.15, 0.2) is 0 Å². The van der Waals surface area contributed by atoms with E-state index in [0.29, 0.717) is 10.6 Å². The van der Waals surface area contributed by atoms with Crippen molar-refractivity contribution < 1.29 is 0 Å². The van der Waals surface area contributed by atoms with Crippen LogP contribution in [0.5, 0.6) is 0 Å². The lowest BCUT2D eigenvalue weighted by Gasteiger charge is -2.36. The maximum absolute atomic E-state index is 2.64. The molecule has 0 aliphatic heterocycles. The molecule has 0 radical (unpaired) electrons. The molecule has 2 rings (SSSR count). The maximum Gasteiger partial charge on any atom is 0.0948 e. The van der Waals surface area contributed by atoms with Crippen LogP contribution in [0, 0.1) is 0 Å². The summed E-state index contributed by atoms with van der Waals surface area (Å²) < 4.78 is 0. The summed E-state index contributed by atoms with van der Waals surface area (Å²) in [4.78, 5) is 0. The zero-order chi connectivity index (χ0) is 17.1. The monoisotopic (exact) mass is 330 g/mol. The summed E-state index contributed by atoms with van der Waals surface area (Å²) >= 11 is 0. The van der Waals surface area contributed by atoms with E-state index in [1.54, 1.807) is 0 Å². The van der Waals surface area contributed by atoms with Gasteiger partial charge in [-0.05, 0) is 0 Å². The molecule has 2 heteroatoms. The van der Waals surface area contributed by atoms with E-state index < -0.39 is 0 Å². The van der Waals surface area contributed by atoms with Gasteiger partial charge in [-0.1, -0.05) is 140 Å². The molecular weight excluding hydrogens is 286 g/mol. The van der Waals surface area contributed by atoms with Crippen LogP contribution >= 0.6 is 0 Å². The summed E-state index contributed by atoms with van der Waals surface area (Å²) in [5, 5.41) is 1.30. The predicted octanol–water partition coefficient (Wildman–Crippen LogP) is 7.18. The van der Waals surface area contributed by atoms with Crippen LogP contribution < -0.4 is 0 Å². The third-order valence-corrected chi connectivity index (χ3v) is 7.45. The molecule has 0 aromatic heterocycles. The lowest BCUT2D eigenvalue weighted by atomic mass is 9.20. The fraction of sp³-hybridized carbons (Fsp3) is 1.00. The molecule has 0 saturated heterocycles. The van der Waals surface area contributed by atoms with E-state index in [4.69, 9.17) is 0 Å². The second-order valence-electron chi connectivity index (χ2n) is 10.1. The Hall–Kier alpha value is 0.130. The van der Waals surface area contributed by atoms with Crippen molar-refractivity contribution in [2.24, 2.45) is 0 Å². The van der Waals surface area contributed by atoms with Gasteiger partial charge in [-0.25, -0.2) is 0 Å². The minimum Gasteiger partial charge on any atom is -0.0673 e. The van der Waals surface area contributed by atoms with Crippen LogP contribution in [-0.4, -0.2) is 14.3 Å². The molecule has 2 saturated carbocycles. The smallest absolute Gasteiger partial charge is 0.0673 e. The van der Waals surface area contributed by atoms with E-state index in [9.17, 15) is 0 Å². The van der Waals surface area contributed by atoms with Crippen molar-refractivity contribution >= 4 is 14.3 Å². The molecule has 0 amide bonds. The third-order valence-electron chi connectivity index (χ3n) is 7.45. The molecule has 0 nitrogen and oxygen atoms in total. The third kappa shape index (κ3) is 8.01. The minimum absolute atomic E-state index is 0.648. The van der Waals surface area contributed by atoms with Crippen LogP contribution in [-0.2, 0) is 0 Å². The van der Waals surface area contributed by atoms with E-state index in [0.717, 1.165) is 0 Å². The van der Waals surface area contributed by atoms with E-state index in [2.05, 4.69) is 13.8 Å². The molecule has 0 aromatic carbocycles. The van der Waals surface area contributed by atoms with Crippen molar-refractivity contribution in [3.05, 3.63) is 0 Å². The van der Waals surface area contributed by atoms with E-state index in [1.807, 2.05) is 0 Å². The summed E-state index contributed by atoms with van der Waals surface area (Å²) in [6.45, 7) is 5.27. The zero-order valence-electron chi connectivity index (χ0n) is 17.1. The lowest BCUT2D eigenvalue weighted by molar-refractivity contribution is 0.421. The number of hydrogen-bond acceptors (Lipinski definition) is 0. The van der Waals surface area contributed by atoms with Crippen molar-refractivity contribution in [3.63, 3.8) is 0 Å². The predicted molar refractivity (Wildman–Crippen MR) is 114 cm³/mol. The van der Waals surface area contributed by atoms with Crippen molar-refractivity contribution in [2.75, 3.05) is 0 Å². The second kappa shape index (κ2) is 11.0. The summed E-state index contributed by atoms with van der Waals surface area (Å²) in [6.07, 6.45) is 26.9. The average molecular weight is 330 g/mol. The maximum atomic E-state index is 2.64. The van der Waals surface area contributed by atoms with E-state index in [-0.39, 0.29) is 0 Å². The van der Waals surface area contributed by atoms with Crippen molar-refractivity contribution in [3.8, 4) is 0 Å². The van der Waals surface area contributed by atoms with Gasteiger partial charge in [0, 0.05) is 0 Å². The quantitative estimate of drug-likeness (QED) is 0.481. The summed E-state index contributed by atoms with van der Waals surface area (Å²) in [7, 11) is 3.01. The molecule has 2 aliphatic carbocycles. The molecule has 0 spiro atoms. The highest BCUT2D eigenvalue weighted by atomic mass is 14.2. The van der Waals surface area contributed by atoms with Gasteiger partial charge in [0.2, 0.25) is 0 Å². The van der Waals surface area contributed by atoms with Crippen molar-refractivity contribution in [1.82, 2.24) is 0 Å². The first-order chi connectivity index (χ1) is 11.6. The van der Waals surface area contributed by atoms with Gasteiger partial charge in [-0.3, -0.25) is 0 Å². The Balaban J connectivity index is 1.85. The van der Waals surface area contributed by atoms with Gasteiger partial charge in [-0.15, -0.1) is 0 Å². The van der Waals surface area contributed by atoms with Gasteiger partial charge >= 0.3 is 0 Å². The highest BCUT2D eigenvalue weighted by Gasteiger charge is 2.32. The fourth-order valence-electron chi connectivity index (χ4n) is 5.33. The topological polar surface area (TPSA) is 0 Å². The molecule has 0 aromatic rings. The van der Waals surface area contributed by atoms with Crippen LogP contribution in [0.2, 0.25) is 10.6 Å². The largest absolute Gasteiger partial charge is 0.0948 e. The zero-order valence-corrected chi connectivity index (χ0v) is 17.1. The standard InChI is InChI=1S/C22H44B2/c1-21(17-13-9-5-3-6-10-14-18-21)23-24-22(2)19-15-11-7-4-8-12-16-20-22/h23-24H,3-20H2,1-2H3. The van der Waals surface area contributed by atoms with Crippen molar-refractivity contribution in [1.29, 1.82) is 0 Å². The summed E-state index contributed by atoms with van der Waals surface area (Å²) in [6, 6.07) is 0. The first-order valence-corrected chi connectivity index (χ1v) is 11.6. The number of hydrogen-bond donors (Lipinski definition) is 0. The van der Waals surface area contributed by atoms with Gasteiger partial charge in [-0.2, -0.15) is 0 Å². The van der Waals surface area contributed by atoms with Gasteiger partial charge in [0.25, 0.3) is 0 Å². The number of rotatable bonds is 3. The minimum atomic E-state index is 0.648. The Morgan fingerprint density at radius 2 is 0.583 bits per heavy atom. The molecule has 2 fully saturated rings. The van der Waals surface area contributed by atoms with Crippen LogP contribution in [0.25, 0.3) is 0 Å². The second-order valence-corrected chi connectivity index (χ2v) is 10.1. The lowest BCUT2D eigenvalue weighted by Crippen LogP contribution is -2.31. The van der Waals surface area contributed by atoms with Crippen LogP contribution in [0.4, 0.5) is 0 Å². The van der Waals surface area contributed by atoms with Gasteiger partial charge in [0.1, 0.15) is 0 Å². The van der Waals surface area contributed by atoms with E-state index in [1.165, 1.54) is 130 Å². The van der Waals surface area contributed by atoms with Gasteiger partial charge < -0.3 is 0 Å². The Morgan fingerprint density at radius 1 is 0.375 bits per heavy atom. The summed E-state index contributed by atoms with van der Waals surface area (Å²) in [5.74, 6) is 0. The molecular formula is C22H44B2. The average Bonchev–Trinajstić information content (AvgIpc) is 2.58. The van der Waals surface area contributed by atoms with Gasteiger partial charge in [0.05, 0.1) is 14.3 Å². The molecule has 0 heterocycles. The Bertz CT molecular complexity index is 274. The van der Waals surface area contributed by atoms with E-state index >= 15 is 0 Å². The molecule has 2 aliphatic rings. The highest BCUT2D eigenvalue weighted by Crippen LogP contribution is 2.43. The van der Waals surface area contributed by atoms with Crippen LogP contribution in [0.3, 0.4) is 0 Å². The molecule has 0 bridgehead atoms.